The maximum Gasteiger partial charge on any atom is 0.449 e. The molecule has 2 heterocycles. The van der Waals surface area contributed by atoms with Crippen molar-refractivity contribution in [1.29, 1.82) is 0 Å². The Kier molecular flexibility index (Phi) is 6.20. The molecule has 1 aromatic heterocycles. The topological polar surface area (TPSA) is 50.2 Å². The third kappa shape index (κ3) is 5.19. The zero-order valence-corrected chi connectivity index (χ0v) is 17.5. The molecule has 0 bridgehead atoms. The Morgan fingerprint density at radius 3 is 2.45 bits per heavy atom. The van der Waals surface area contributed by atoms with Crippen LogP contribution in [-0.4, -0.2) is 39.5 Å². The maximum absolute atomic E-state index is 13.4. The number of carbonyl (C=O) groups is 1. The Bertz CT molecular complexity index is 1060. The number of rotatable bonds is 5. The van der Waals surface area contributed by atoms with Gasteiger partial charge in [-0.15, -0.1) is 0 Å². The molecule has 1 N–H and O–H groups in total. The number of aromatic nitrogens is 2. The lowest BCUT2D eigenvalue weighted by Gasteiger charge is -2.32. The first-order chi connectivity index (χ1) is 14.8. The minimum Gasteiger partial charge on any atom is -0.352 e. The highest BCUT2D eigenvalue weighted by Gasteiger charge is 2.38. The number of likely N-dealkylation sites (tertiary alicyclic amines) is 1. The van der Waals surface area contributed by atoms with Gasteiger partial charge in [-0.3, -0.25) is 9.69 Å². The van der Waals surface area contributed by atoms with Crippen LogP contribution < -0.4 is 5.32 Å². The highest BCUT2D eigenvalue weighted by atomic mass is 35.5. The van der Waals surface area contributed by atoms with Gasteiger partial charge in [0.25, 0.3) is 0 Å². The number of fused-ring (bicyclic) bond motifs is 1. The Morgan fingerprint density at radius 2 is 1.77 bits per heavy atom. The van der Waals surface area contributed by atoms with E-state index in [0.29, 0.717) is 10.5 Å². The van der Waals surface area contributed by atoms with Crippen LogP contribution in [0.3, 0.4) is 0 Å². The molecule has 4 rings (SSSR count). The van der Waals surface area contributed by atoms with Gasteiger partial charge in [-0.2, -0.15) is 13.2 Å². The van der Waals surface area contributed by atoms with Crippen molar-refractivity contribution in [3.05, 3.63) is 64.9 Å². The van der Waals surface area contributed by atoms with Gasteiger partial charge in [0, 0.05) is 30.7 Å². The van der Waals surface area contributed by atoms with Crippen molar-refractivity contribution in [2.24, 2.45) is 0 Å². The number of benzene rings is 2. The molecule has 0 aliphatic carbocycles. The average Bonchev–Trinajstić information content (AvgIpc) is 3.10. The van der Waals surface area contributed by atoms with Crippen LogP contribution in [0.25, 0.3) is 11.0 Å². The summed E-state index contributed by atoms with van der Waals surface area (Å²) in [6.07, 6.45) is -3.14. The first kappa shape index (κ1) is 21.6. The maximum atomic E-state index is 13.4. The van der Waals surface area contributed by atoms with E-state index in [0.717, 1.165) is 37.0 Å². The zero-order chi connectivity index (χ0) is 22.0. The molecule has 9 heteroatoms. The fourth-order valence-electron chi connectivity index (χ4n) is 3.95. The van der Waals surface area contributed by atoms with Gasteiger partial charge in [0.1, 0.15) is 6.54 Å². The number of nitrogens with one attached hydrogen (secondary N) is 1. The molecule has 5 nitrogen and oxygen atoms in total. The van der Waals surface area contributed by atoms with Crippen molar-refractivity contribution in [3.63, 3.8) is 0 Å². The number of para-hydroxylation sites is 2. The molecule has 1 saturated heterocycles. The lowest BCUT2D eigenvalue weighted by Crippen LogP contribution is -2.45. The van der Waals surface area contributed by atoms with Gasteiger partial charge in [0.15, 0.2) is 0 Å². The molecule has 2 aromatic carbocycles. The lowest BCUT2D eigenvalue weighted by molar-refractivity contribution is -0.147. The third-order valence-corrected chi connectivity index (χ3v) is 5.73. The summed E-state index contributed by atoms with van der Waals surface area (Å²) in [5.41, 5.74) is 1.68. The van der Waals surface area contributed by atoms with Crippen molar-refractivity contribution in [1.82, 2.24) is 19.8 Å². The van der Waals surface area contributed by atoms with Crippen molar-refractivity contribution in [3.8, 4) is 0 Å². The fourth-order valence-corrected chi connectivity index (χ4v) is 4.08. The summed E-state index contributed by atoms with van der Waals surface area (Å²) in [7, 11) is 0. The summed E-state index contributed by atoms with van der Waals surface area (Å²) >= 11 is 5.92. The molecule has 0 unspecified atom stereocenters. The van der Waals surface area contributed by atoms with Crippen molar-refractivity contribution < 1.29 is 18.0 Å². The second kappa shape index (κ2) is 8.88. The van der Waals surface area contributed by atoms with Crippen LogP contribution in [0.4, 0.5) is 13.2 Å². The highest BCUT2D eigenvalue weighted by molar-refractivity contribution is 6.30. The van der Waals surface area contributed by atoms with Crippen LogP contribution in [0.15, 0.2) is 48.5 Å². The highest BCUT2D eigenvalue weighted by Crippen LogP contribution is 2.31. The Labute approximate surface area is 182 Å². The van der Waals surface area contributed by atoms with Gasteiger partial charge in [-0.1, -0.05) is 35.9 Å². The fraction of sp³-hybridized carbons (Fsp3) is 0.364. The minimum atomic E-state index is -4.63. The zero-order valence-electron chi connectivity index (χ0n) is 16.7. The van der Waals surface area contributed by atoms with Crippen molar-refractivity contribution in [2.75, 3.05) is 13.1 Å². The van der Waals surface area contributed by atoms with E-state index in [1.807, 2.05) is 24.3 Å². The van der Waals surface area contributed by atoms with Crippen LogP contribution in [0.2, 0.25) is 5.02 Å². The van der Waals surface area contributed by atoms with E-state index < -0.39 is 24.5 Å². The first-order valence-corrected chi connectivity index (χ1v) is 10.5. The molecule has 1 aliphatic rings. The van der Waals surface area contributed by atoms with Gasteiger partial charge < -0.3 is 9.88 Å². The second-order valence-electron chi connectivity index (χ2n) is 7.75. The Hall–Kier alpha value is -2.58. The number of halogens is 4. The van der Waals surface area contributed by atoms with E-state index in [2.05, 4.69) is 15.2 Å². The number of piperidine rings is 1. The van der Waals surface area contributed by atoms with Gasteiger partial charge in [0.2, 0.25) is 11.7 Å². The standard InChI is InChI=1S/C22H22ClF3N4O/c23-16-7-5-15(6-8-16)13-29-11-9-17(10-12-29)27-20(31)14-30-19-4-2-1-3-18(19)28-21(30)22(24,25)26/h1-8,17H,9-14H2,(H,27,31). The summed E-state index contributed by atoms with van der Waals surface area (Å²) < 4.78 is 41.2. The van der Waals surface area contributed by atoms with Crippen molar-refractivity contribution >= 4 is 28.5 Å². The Balaban J connectivity index is 1.35. The van der Waals surface area contributed by atoms with Gasteiger partial charge in [-0.05, 0) is 42.7 Å². The predicted octanol–water partition coefficient (Wildman–Crippen LogP) is 4.49. The van der Waals surface area contributed by atoms with Crippen LogP contribution in [0.5, 0.6) is 0 Å². The number of carbonyl (C=O) groups excluding carboxylic acids is 1. The molecular weight excluding hydrogens is 429 g/mol. The van der Waals surface area contributed by atoms with Gasteiger partial charge in [-0.25, -0.2) is 4.98 Å². The minimum absolute atomic E-state index is 0.0573. The molecule has 0 radical (unpaired) electrons. The number of hydrogen-bond acceptors (Lipinski definition) is 3. The molecular formula is C22H22ClF3N4O. The first-order valence-electron chi connectivity index (χ1n) is 10.1. The van der Waals surface area contributed by atoms with E-state index in [1.165, 1.54) is 11.6 Å². The number of amides is 1. The summed E-state index contributed by atoms with van der Waals surface area (Å²) in [5.74, 6) is -1.49. The van der Waals surface area contributed by atoms with E-state index >= 15 is 0 Å². The van der Waals surface area contributed by atoms with E-state index in [9.17, 15) is 18.0 Å². The van der Waals surface area contributed by atoms with Crippen LogP contribution in [0.1, 0.15) is 24.2 Å². The third-order valence-electron chi connectivity index (χ3n) is 5.48. The number of alkyl halides is 3. The van der Waals surface area contributed by atoms with E-state index in [-0.39, 0.29) is 11.6 Å². The second-order valence-corrected chi connectivity index (χ2v) is 8.19. The van der Waals surface area contributed by atoms with Crippen molar-refractivity contribution in [2.45, 2.75) is 38.1 Å². The van der Waals surface area contributed by atoms with Crippen LogP contribution in [-0.2, 0) is 24.1 Å². The van der Waals surface area contributed by atoms with E-state index in [1.54, 1.807) is 18.2 Å². The summed E-state index contributed by atoms with van der Waals surface area (Å²) in [6.45, 7) is 1.99. The lowest BCUT2D eigenvalue weighted by atomic mass is 10.0. The smallest absolute Gasteiger partial charge is 0.352 e. The molecule has 1 fully saturated rings. The molecule has 0 spiro atoms. The molecule has 1 amide bonds. The quantitative estimate of drug-likeness (QED) is 0.623. The number of nitrogens with zero attached hydrogens (tertiary/aromatic N) is 3. The molecule has 0 saturated carbocycles. The van der Waals surface area contributed by atoms with E-state index in [4.69, 9.17) is 11.6 Å². The van der Waals surface area contributed by atoms with Crippen LogP contribution in [0, 0.1) is 0 Å². The Morgan fingerprint density at radius 1 is 1.10 bits per heavy atom. The summed E-state index contributed by atoms with van der Waals surface area (Å²) in [5, 5.41) is 3.59. The molecule has 3 aromatic rings. The average molecular weight is 451 g/mol. The molecule has 164 valence electrons. The van der Waals surface area contributed by atoms with Gasteiger partial charge >= 0.3 is 6.18 Å². The molecule has 1 aliphatic heterocycles. The number of hydrogen-bond donors (Lipinski definition) is 1. The van der Waals surface area contributed by atoms with Crippen LogP contribution >= 0.6 is 11.6 Å². The normalized spacial score (nSPS) is 16.0. The molecule has 0 atom stereocenters. The predicted molar refractivity (Wildman–Crippen MR) is 113 cm³/mol. The van der Waals surface area contributed by atoms with Gasteiger partial charge in [0.05, 0.1) is 11.0 Å². The summed E-state index contributed by atoms with van der Waals surface area (Å²) in [4.78, 5) is 18.5. The number of imidazole rings is 1. The molecule has 31 heavy (non-hydrogen) atoms. The largest absolute Gasteiger partial charge is 0.449 e. The summed E-state index contributed by atoms with van der Waals surface area (Å²) in [6, 6.07) is 14.0. The monoisotopic (exact) mass is 450 g/mol. The SMILES string of the molecule is O=C(Cn1c(C(F)(F)F)nc2ccccc21)NC1CCN(Cc2ccc(Cl)cc2)CC1.